The summed E-state index contributed by atoms with van der Waals surface area (Å²) < 4.78 is 0. The molecular formula is C13H24O6. The van der Waals surface area contributed by atoms with Gasteiger partial charge in [-0.25, -0.2) is 14.7 Å². The lowest BCUT2D eigenvalue weighted by atomic mass is 9.90. The SMILES string of the molecule is CC(C)(C#CCC(C)(CCC(C)(C)OO)OO)OO. The smallest absolute Gasteiger partial charge is 0.157 e. The molecular weight excluding hydrogens is 252 g/mol. The number of hydrogen-bond acceptors (Lipinski definition) is 6. The summed E-state index contributed by atoms with van der Waals surface area (Å²) in [6, 6.07) is 0. The molecule has 112 valence electrons. The highest BCUT2D eigenvalue weighted by atomic mass is 17.1. The van der Waals surface area contributed by atoms with Gasteiger partial charge in [-0.2, -0.15) is 0 Å². The molecule has 0 fully saturated rings. The van der Waals surface area contributed by atoms with Gasteiger partial charge in [-0.3, -0.25) is 15.8 Å². The summed E-state index contributed by atoms with van der Waals surface area (Å²) in [6.45, 7) is 8.36. The van der Waals surface area contributed by atoms with Gasteiger partial charge in [0.2, 0.25) is 0 Å². The quantitative estimate of drug-likeness (QED) is 0.376. The second kappa shape index (κ2) is 7.20. The van der Waals surface area contributed by atoms with E-state index < -0.39 is 16.8 Å². The lowest BCUT2D eigenvalue weighted by molar-refractivity contribution is -0.334. The minimum Gasteiger partial charge on any atom is -0.251 e. The normalized spacial score (nSPS) is 15.6. The summed E-state index contributed by atoms with van der Waals surface area (Å²) in [7, 11) is 0. The Morgan fingerprint density at radius 3 is 1.84 bits per heavy atom. The molecule has 0 saturated carbocycles. The van der Waals surface area contributed by atoms with Gasteiger partial charge < -0.3 is 0 Å². The molecule has 0 aromatic rings. The highest BCUT2D eigenvalue weighted by molar-refractivity contribution is 5.12. The van der Waals surface area contributed by atoms with Crippen LogP contribution in [0.15, 0.2) is 0 Å². The van der Waals surface area contributed by atoms with Crippen LogP contribution in [-0.2, 0) is 14.7 Å². The standard InChI is InChI=1S/C13H24O6/c1-11(2,17-14)7-6-8-13(5,19-16)10-9-12(3,4)18-15/h14-16H,8-10H2,1-5H3. The predicted molar refractivity (Wildman–Crippen MR) is 69.3 cm³/mol. The maximum atomic E-state index is 8.99. The molecule has 0 aliphatic rings. The Hall–Kier alpha value is -0.680. The molecule has 0 radical (unpaired) electrons. The minimum absolute atomic E-state index is 0.248. The molecule has 6 nitrogen and oxygen atoms in total. The van der Waals surface area contributed by atoms with Crippen LogP contribution in [0.1, 0.15) is 53.9 Å². The van der Waals surface area contributed by atoms with Crippen LogP contribution in [0.4, 0.5) is 0 Å². The molecule has 0 bridgehead atoms. The first-order valence-electron chi connectivity index (χ1n) is 6.07. The highest BCUT2D eigenvalue weighted by Gasteiger charge is 2.29. The van der Waals surface area contributed by atoms with Crippen molar-refractivity contribution in [3.8, 4) is 11.8 Å². The van der Waals surface area contributed by atoms with E-state index in [1.165, 1.54) is 0 Å². The zero-order chi connectivity index (χ0) is 15.2. The summed E-state index contributed by atoms with van der Waals surface area (Å²) in [5.41, 5.74) is -2.57. The second-order valence-electron chi connectivity index (χ2n) is 5.97. The molecule has 0 spiro atoms. The molecule has 0 aliphatic heterocycles. The van der Waals surface area contributed by atoms with Gasteiger partial charge in [0.05, 0.1) is 5.60 Å². The van der Waals surface area contributed by atoms with E-state index in [2.05, 4.69) is 26.5 Å². The Morgan fingerprint density at radius 2 is 1.42 bits per heavy atom. The highest BCUT2D eigenvalue weighted by Crippen LogP contribution is 2.26. The van der Waals surface area contributed by atoms with Crippen LogP contribution in [0.3, 0.4) is 0 Å². The van der Waals surface area contributed by atoms with Gasteiger partial charge in [-0.05, 0) is 47.5 Å². The van der Waals surface area contributed by atoms with Gasteiger partial charge in [0, 0.05) is 6.42 Å². The van der Waals surface area contributed by atoms with Crippen LogP contribution in [0.2, 0.25) is 0 Å². The maximum absolute atomic E-state index is 8.99. The van der Waals surface area contributed by atoms with Crippen molar-refractivity contribution < 1.29 is 30.4 Å². The fourth-order valence-electron chi connectivity index (χ4n) is 1.24. The third-order valence-electron chi connectivity index (χ3n) is 2.80. The van der Waals surface area contributed by atoms with E-state index in [9.17, 15) is 0 Å². The third kappa shape index (κ3) is 7.47. The summed E-state index contributed by atoms with van der Waals surface area (Å²) in [4.78, 5) is 13.0. The Bertz CT molecular complexity index is 328. The van der Waals surface area contributed by atoms with Crippen LogP contribution < -0.4 is 0 Å². The Morgan fingerprint density at radius 1 is 0.842 bits per heavy atom. The van der Waals surface area contributed by atoms with Crippen LogP contribution >= 0.6 is 0 Å². The van der Waals surface area contributed by atoms with Crippen molar-refractivity contribution in [1.29, 1.82) is 0 Å². The molecule has 0 aromatic carbocycles. The lowest BCUT2D eigenvalue weighted by Crippen LogP contribution is -2.32. The fraction of sp³-hybridized carbons (Fsp3) is 0.846. The van der Waals surface area contributed by atoms with E-state index in [4.69, 9.17) is 15.8 Å². The molecule has 0 aliphatic carbocycles. The molecule has 0 rings (SSSR count). The average molecular weight is 276 g/mol. The third-order valence-corrected chi connectivity index (χ3v) is 2.80. The molecule has 3 N–H and O–H groups in total. The summed E-state index contributed by atoms with van der Waals surface area (Å²) in [5, 5.41) is 26.3. The Labute approximate surface area is 114 Å². The molecule has 6 heteroatoms. The van der Waals surface area contributed by atoms with Crippen molar-refractivity contribution in [2.45, 2.75) is 70.7 Å². The van der Waals surface area contributed by atoms with Crippen molar-refractivity contribution in [2.75, 3.05) is 0 Å². The Balaban J connectivity index is 4.55. The number of rotatable bonds is 7. The minimum atomic E-state index is -0.968. The molecule has 0 aromatic heterocycles. The average Bonchev–Trinajstić information content (AvgIpc) is 2.36. The fourth-order valence-corrected chi connectivity index (χ4v) is 1.24. The van der Waals surface area contributed by atoms with E-state index >= 15 is 0 Å². The van der Waals surface area contributed by atoms with E-state index in [1.54, 1.807) is 34.6 Å². The zero-order valence-electron chi connectivity index (χ0n) is 12.2. The first kappa shape index (κ1) is 18.3. The zero-order valence-corrected chi connectivity index (χ0v) is 12.2. The Kier molecular flexibility index (Phi) is 6.94. The van der Waals surface area contributed by atoms with Crippen LogP contribution in [0, 0.1) is 11.8 Å². The van der Waals surface area contributed by atoms with Crippen molar-refractivity contribution in [2.24, 2.45) is 0 Å². The van der Waals surface area contributed by atoms with Gasteiger partial charge in [0.15, 0.2) is 5.60 Å². The second-order valence-corrected chi connectivity index (χ2v) is 5.97. The van der Waals surface area contributed by atoms with Gasteiger partial charge >= 0.3 is 0 Å². The molecule has 1 unspecified atom stereocenters. The first-order chi connectivity index (χ1) is 8.60. The summed E-state index contributed by atoms with van der Waals surface area (Å²) in [6.07, 6.45) is 1.16. The summed E-state index contributed by atoms with van der Waals surface area (Å²) in [5.74, 6) is 5.51. The maximum Gasteiger partial charge on any atom is 0.157 e. The monoisotopic (exact) mass is 276 g/mol. The lowest BCUT2D eigenvalue weighted by Gasteiger charge is -2.28. The van der Waals surface area contributed by atoms with E-state index in [0.717, 1.165) is 0 Å². The van der Waals surface area contributed by atoms with E-state index in [-0.39, 0.29) is 6.42 Å². The largest absolute Gasteiger partial charge is 0.251 e. The van der Waals surface area contributed by atoms with Crippen molar-refractivity contribution in [3.05, 3.63) is 0 Å². The molecule has 19 heavy (non-hydrogen) atoms. The van der Waals surface area contributed by atoms with Crippen LogP contribution in [0.5, 0.6) is 0 Å². The first-order valence-corrected chi connectivity index (χ1v) is 6.07. The molecule has 0 saturated heterocycles. The molecule has 0 heterocycles. The predicted octanol–water partition coefficient (Wildman–Crippen LogP) is 2.94. The molecule has 0 amide bonds. The van der Waals surface area contributed by atoms with Crippen molar-refractivity contribution in [3.63, 3.8) is 0 Å². The number of hydrogen-bond donors (Lipinski definition) is 3. The van der Waals surface area contributed by atoms with E-state index in [1.807, 2.05) is 0 Å². The van der Waals surface area contributed by atoms with Gasteiger partial charge in [-0.15, -0.1) is 0 Å². The van der Waals surface area contributed by atoms with E-state index in [0.29, 0.717) is 12.8 Å². The van der Waals surface area contributed by atoms with Gasteiger partial charge in [-0.1, -0.05) is 11.8 Å². The van der Waals surface area contributed by atoms with Crippen molar-refractivity contribution >= 4 is 0 Å². The van der Waals surface area contributed by atoms with Crippen LogP contribution in [0.25, 0.3) is 0 Å². The topological polar surface area (TPSA) is 88.4 Å². The van der Waals surface area contributed by atoms with Crippen molar-refractivity contribution in [1.82, 2.24) is 0 Å². The van der Waals surface area contributed by atoms with Crippen LogP contribution in [-0.4, -0.2) is 32.6 Å². The molecule has 1 atom stereocenters. The van der Waals surface area contributed by atoms with Gasteiger partial charge in [0.25, 0.3) is 0 Å². The summed E-state index contributed by atoms with van der Waals surface area (Å²) >= 11 is 0. The van der Waals surface area contributed by atoms with Gasteiger partial charge in [0.1, 0.15) is 5.60 Å².